The van der Waals surface area contributed by atoms with E-state index in [9.17, 15) is 4.79 Å². The summed E-state index contributed by atoms with van der Waals surface area (Å²) in [4.78, 5) is 23.7. The number of hydrogen-bond donors (Lipinski definition) is 3. The molecule has 0 aliphatic rings. The Morgan fingerprint density at radius 3 is 2.39 bits per heavy atom. The van der Waals surface area contributed by atoms with E-state index in [1.165, 1.54) is 20.4 Å². The molecule has 1 amide bonds. The highest BCUT2D eigenvalue weighted by Crippen LogP contribution is 2.32. The molecular formula is C26H34IN5O6. The molecule has 3 aromatic heterocycles. The van der Waals surface area contributed by atoms with E-state index >= 15 is 0 Å². The molecule has 38 heavy (non-hydrogen) atoms. The van der Waals surface area contributed by atoms with Gasteiger partial charge in [-0.15, -0.1) is 0 Å². The largest absolute Gasteiger partial charge is 0.503 e. The first-order valence-electron chi connectivity index (χ1n) is 11.6. The molecule has 11 nitrogen and oxygen atoms in total. The molecule has 0 aliphatic carbocycles. The fraction of sp³-hybridized carbons (Fsp3) is 0.385. The highest BCUT2D eigenvalue weighted by atomic mass is 127. The first kappa shape index (κ1) is 30.8. The second-order valence-corrected chi connectivity index (χ2v) is 10.1. The number of pyridine rings is 3. The summed E-state index contributed by atoms with van der Waals surface area (Å²) in [5, 5.41) is 11.6. The van der Waals surface area contributed by atoms with E-state index in [1.807, 2.05) is 29.5 Å². The first-order valence-corrected chi connectivity index (χ1v) is 12.7. The van der Waals surface area contributed by atoms with Crippen LogP contribution in [-0.2, 0) is 4.74 Å². The van der Waals surface area contributed by atoms with Crippen LogP contribution in [-0.4, -0.2) is 59.6 Å². The van der Waals surface area contributed by atoms with Gasteiger partial charge in [0.15, 0.2) is 23.0 Å². The van der Waals surface area contributed by atoms with Gasteiger partial charge in [0.25, 0.3) is 0 Å². The smallest absolute Gasteiger partial charge is 0.412 e. The lowest BCUT2D eigenvalue weighted by atomic mass is 9.93. The molecular weight excluding hydrogens is 605 g/mol. The number of carbonyl (C=O) groups is 1. The fourth-order valence-corrected chi connectivity index (χ4v) is 3.89. The van der Waals surface area contributed by atoms with E-state index in [0.717, 1.165) is 15.7 Å². The molecule has 206 valence electrons. The highest BCUT2D eigenvalue weighted by Gasteiger charge is 2.22. The van der Waals surface area contributed by atoms with Gasteiger partial charge >= 0.3 is 6.09 Å². The number of amides is 1. The maximum atomic E-state index is 11.4. The number of hydrogen-bond acceptors (Lipinski definition) is 10. The van der Waals surface area contributed by atoms with Crippen LogP contribution in [0.2, 0.25) is 0 Å². The van der Waals surface area contributed by atoms with Crippen molar-refractivity contribution in [3.63, 3.8) is 0 Å². The van der Waals surface area contributed by atoms with Crippen LogP contribution < -0.4 is 25.3 Å². The molecule has 0 radical (unpaired) electrons. The Bertz CT molecular complexity index is 1210. The second-order valence-electron chi connectivity index (χ2n) is 8.99. The number of halogens is 1. The second kappa shape index (κ2) is 14.5. The zero-order valence-electron chi connectivity index (χ0n) is 22.3. The van der Waals surface area contributed by atoms with Crippen LogP contribution in [0.15, 0.2) is 42.9 Å². The van der Waals surface area contributed by atoms with Crippen molar-refractivity contribution in [2.45, 2.75) is 32.7 Å². The average Bonchev–Trinajstić information content (AvgIpc) is 2.88. The summed E-state index contributed by atoms with van der Waals surface area (Å²) in [6.45, 7) is 6.57. The maximum absolute atomic E-state index is 11.4. The van der Waals surface area contributed by atoms with E-state index < -0.39 is 11.6 Å². The van der Waals surface area contributed by atoms with Crippen LogP contribution in [0.5, 0.6) is 23.0 Å². The van der Waals surface area contributed by atoms with Gasteiger partial charge < -0.3 is 29.8 Å². The zero-order chi connectivity index (χ0) is 28.3. The van der Waals surface area contributed by atoms with Gasteiger partial charge in [-0.25, -0.2) is 14.8 Å². The molecule has 12 heteroatoms. The number of nitrogens with one attached hydrogen (secondary N) is 1. The SMILES string of the molecule is COC(=O)Nc1cc(-c2cc(OC)c(OC[C@@](C)(N)CC(C)C)cn2)ccn1.COc1cc(I)ncc1O. The Morgan fingerprint density at radius 2 is 1.79 bits per heavy atom. The fourth-order valence-electron chi connectivity index (χ4n) is 3.47. The number of rotatable bonds is 9. The Labute approximate surface area is 236 Å². The molecule has 1 atom stereocenters. The molecule has 0 spiro atoms. The molecule has 0 saturated carbocycles. The summed E-state index contributed by atoms with van der Waals surface area (Å²) >= 11 is 2.04. The van der Waals surface area contributed by atoms with Gasteiger partial charge in [-0.3, -0.25) is 10.3 Å². The van der Waals surface area contributed by atoms with Crippen LogP contribution in [0.25, 0.3) is 11.3 Å². The van der Waals surface area contributed by atoms with Crippen molar-refractivity contribution in [2.24, 2.45) is 11.7 Å². The molecule has 0 aromatic carbocycles. The lowest BCUT2D eigenvalue weighted by molar-refractivity contribution is 0.187. The first-order chi connectivity index (χ1) is 18.0. The van der Waals surface area contributed by atoms with Crippen molar-refractivity contribution in [3.05, 3.63) is 46.6 Å². The third kappa shape index (κ3) is 9.82. The van der Waals surface area contributed by atoms with E-state index in [0.29, 0.717) is 41.3 Å². The Balaban J connectivity index is 0.000000423. The summed E-state index contributed by atoms with van der Waals surface area (Å²) < 4.78 is 21.5. The van der Waals surface area contributed by atoms with Crippen LogP contribution in [0.3, 0.4) is 0 Å². The molecule has 3 heterocycles. The molecule has 0 fully saturated rings. The molecule has 3 rings (SSSR count). The third-order valence-electron chi connectivity index (χ3n) is 4.99. The highest BCUT2D eigenvalue weighted by molar-refractivity contribution is 14.1. The zero-order valence-corrected chi connectivity index (χ0v) is 24.5. The van der Waals surface area contributed by atoms with Gasteiger partial charge in [-0.1, -0.05) is 13.8 Å². The lowest BCUT2D eigenvalue weighted by Gasteiger charge is -2.27. The summed E-state index contributed by atoms with van der Waals surface area (Å²) in [5.41, 5.74) is 7.27. The van der Waals surface area contributed by atoms with Gasteiger partial charge in [0.05, 0.1) is 39.4 Å². The standard InChI is InChI=1S/C20H28N4O4.C6H6INO2/c1-13(2)10-20(3,21)12-28-17-11-23-15(9-16(17)26-4)14-6-7-22-18(8-14)24-19(25)27-5;1-10-5-2-6(7)8-3-4(5)9/h6-9,11,13H,10,12,21H2,1-5H3,(H,22,24,25);2-3,9H,1H3/t20-;/m0./s1. The van der Waals surface area contributed by atoms with Crippen LogP contribution >= 0.6 is 22.6 Å². The molecule has 0 aliphatic heterocycles. The van der Waals surface area contributed by atoms with Crippen LogP contribution in [0, 0.1) is 9.62 Å². The molecule has 0 saturated heterocycles. The number of carbonyl (C=O) groups excluding carboxylic acids is 1. The van der Waals surface area contributed by atoms with Crippen LogP contribution in [0.1, 0.15) is 27.2 Å². The number of ether oxygens (including phenoxy) is 4. The number of anilines is 1. The summed E-state index contributed by atoms with van der Waals surface area (Å²) in [6.07, 6.45) is 4.79. The van der Waals surface area contributed by atoms with Gasteiger partial charge in [-0.05, 0) is 54.0 Å². The van der Waals surface area contributed by atoms with Gasteiger partial charge in [0, 0.05) is 29.4 Å². The van der Waals surface area contributed by atoms with Gasteiger partial charge in [0.2, 0.25) is 0 Å². The number of aromatic hydroxyl groups is 1. The van der Waals surface area contributed by atoms with Crippen LogP contribution in [0.4, 0.5) is 10.6 Å². The minimum Gasteiger partial charge on any atom is -0.503 e. The molecule has 3 aromatic rings. The van der Waals surface area contributed by atoms with Crippen molar-refractivity contribution in [2.75, 3.05) is 33.3 Å². The minimum absolute atomic E-state index is 0.0721. The van der Waals surface area contributed by atoms with E-state index in [1.54, 1.807) is 43.8 Å². The Kier molecular flexibility index (Phi) is 11.8. The van der Waals surface area contributed by atoms with Crippen molar-refractivity contribution in [1.82, 2.24) is 15.0 Å². The third-order valence-corrected chi connectivity index (χ3v) is 5.58. The number of nitrogens with zero attached hydrogens (tertiary/aromatic N) is 3. The predicted molar refractivity (Wildman–Crippen MR) is 153 cm³/mol. The van der Waals surface area contributed by atoms with E-state index in [2.05, 4.69) is 38.9 Å². The normalized spacial score (nSPS) is 12.0. The van der Waals surface area contributed by atoms with E-state index in [4.69, 9.17) is 25.1 Å². The van der Waals surface area contributed by atoms with E-state index in [-0.39, 0.29) is 5.75 Å². The predicted octanol–water partition coefficient (Wildman–Crippen LogP) is 4.87. The van der Waals surface area contributed by atoms with Crippen molar-refractivity contribution < 1.29 is 28.8 Å². The monoisotopic (exact) mass is 639 g/mol. The average molecular weight is 639 g/mol. The minimum atomic E-state index is -0.592. The number of methoxy groups -OCH3 is 3. The van der Waals surface area contributed by atoms with Crippen molar-refractivity contribution in [1.29, 1.82) is 0 Å². The summed E-state index contributed by atoms with van der Waals surface area (Å²) in [5.74, 6) is 2.43. The molecule has 4 N–H and O–H groups in total. The Morgan fingerprint density at radius 1 is 1.08 bits per heavy atom. The number of aromatic nitrogens is 3. The van der Waals surface area contributed by atoms with Gasteiger partial charge in [-0.2, -0.15) is 0 Å². The van der Waals surface area contributed by atoms with Crippen molar-refractivity contribution in [3.8, 4) is 34.3 Å². The number of nitrogens with two attached hydrogens (primary N) is 1. The molecule has 0 unspecified atom stereocenters. The summed E-state index contributed by atoms with van der Waals surface area (Å²) in [6, 6.07) is 6.90. The molecule has 0 bridgehead atoms. The van der Waals surface area contributed by atoms with Gasteiger partial charge in [0.1, 0.15) is 16.1 Å². The maximum Gasteiger partial charge on any atom is 0.412 e. The lowest BCUT2D eigenvalue weighted by Crippen LogP contribution is -2.43. The summed E-state index contributed by atoms with van der Waals surface area (Å²) in [7, 11) is 4.36. The Hall–Kier alpha value is -3.39. The van der Waals surface area contributed by atoms with Crippen molar-refractivity contribution >= 4 is 34.5 Å². The topological polar surface area (TPSA) is 151 Å². The quantitative estimate of drug-likeness (QED) is 0.219.